The maximum Gasteiger partial charge on any atom is 0.142 e. The van der Waals surface area contributed by atoms with Gasteiger partial charge in [0.25, 0.3) is 0 Å². The minimum absolute atomic E-state index is 0.139. The highest BCUT2D eigenvalue weighted by atomic mass is 35.5. The molecule has 1 aliphatic heterocycles. The molecule has 2 aromatic rings. The highest BCUT2D eigenvalue weighted by Crippen LogP contribution is 2.40. The SMILES string of the molecule is C[C@@H](NC1CCOc2c(Cl)cc(Cl)cc21)c1ccccn1. The van der Waals surface area contributed by atoms with Gasteiger partial charge in [-0.05, 0) is 31.2 Å². The Bertz CT molecular complexity index is 634. The van der Waals surface area contributed by atoms with Crippen LogP contribution in [0.4, 0.5) is 0 Å². The molecule has 0 amide bonds. The van der Waals surface area contributed by atoms with Gasteiger partial charge >= 0.3 is 0 Å². The zero-order valence-corrected chi connectivity index (χ0v) is 13.2. The number of hydrogen-bond acceptors (Lipinski definition) is 3. The number of nitrogens with zero attached hydrogens (tertiary/aromatic N) is 1. The van der Waals surface area contributed by atoms with Gasteiger partial charge in [0, 0.05) is 35.3 Å². The van der Waals surface area contributed by atoms with Crippen LogP contribution in [0.5, 0.6) is 5.75 Å². The third kappa shape index (κ3) is 3.15. The Labute approximate surface area is 134 Å². The van der Waals surface area contributed by atoms with Gasteiger partial charge < -0.3 is 10.1 Å². The molecule has 0 fully saturated rings. The van der Waals surface area contributed by atoms with Crippen LogP contribution in [0.25, 0.3) is 0 Å². The summed E-state index contributed by atoms with van der Waals surface area (Å²) in [5.74, 6) is 0.734. The smallest absolute Gasteiger partial charge is 0.142 e. The third-order valence-corrected chi connectivity index (χ3v) is 4.15. The van der Waals surface area contributed by atoms with Gasteiger partial charge in [-0.3, -0.25) is 4.98 Å². The summed E-state index contributed by atoms with van der Waals surface area (Å²) in [6, 6.07) is 9.85. The van der Waals surface area contributed by atoms with Gasteiger partial charge in [-0.1, -0.05) is 29.3 Å². The molecule has 3 nitrogen and oxygen atoms in total. The van der Waals surface area contributed by atoms with E-state index in [0.29, 0.717) is 16.7 Å². The second-order valence-corrected chi connectivity index (χ2v) is 5.98. The second kappa shape index (κ2) is 6.22. The number of rotatable bonds is 3. The fourth-order valence-corrected chi connectivity index (χ4v) is 3.18. The van der Waals surface area contributed by atoms with Crippen LogP contribution < -0.4 is 10.1 Å². The minimum Gasteiger partial charge on any atom is -0.492 e. The molecule has 0 aliphatic carbocycles. The van der Waals surface area contributed by atoms with E-state index >= 15 is 0 Å². The standard InChI is InChI=1S/C16H16Cl2N2O/c1-10(14-4-2-3-6-19-14)20-15-5-7-21-16-12(15)8-11(17)9-13(16)18/h2-4,6,8-10,15,20H,5,7H2,1H3/t10-,15?/m1/s1. The lowest BCUT2D eigenvalue weighted by Gasteiger charge is -2.30. The van der Waals surface area contributed by atoms with Crippen molar-refractivity contribution < 1.29 is 4.74 Å². The van der Waals surface area contributed by atoms with E-state index < -0.39 is 0 Å². The van der Waals surface area contributed by atoms with Crippen LogP contribution in [0.3, 0.4) is 0 Å². The fourth-order valence-electron chi connectivity index (χ4n) is 2.62. The number of aromatic nitrogens is 1. The molecule has 0 saturated carbocycles. The van der Waals surface area contributed by atoms with Crippen molar-refractivity contribution in [2.24, 2.45) is 0 Å². The number of nitrogens with one attached hydrogen (secondary N) is 1. The Hall–Kier alpha value is -1.29. The molecule has 1 N–H and O–H groups in total. The predicted octanol–water partition coefficient (Wildman–Crippen LogP) is 4.56. The molecule has 1 aromatic heterocycles. The first-order valence-corrected chi connectivity index (χ1v) is 7.69. The van der Waals surface area contributed by atoms with E-state index in [1.807, 2.05) is 24.3 Å². The zero-order valence-electron chi connectivity index (χ0n) is 11.6. The Morgan fingerprint density at radius 1 is 1.33 bits per heavy atom. The van der Waals surface area contributed by atoms with Gasteiger partial charge in [0.2, 0.25) is 0 Å². The maximum atomic E-state index is 6.22. The topological polar surface area (TPSA) is 34.1 Å². The first kappa shape index (κ1) is 14.6. The molecule has 3 rings (SSSR count). The van der Waals surface area contributed by atoms with E-state index in [2.05, 4.69) is 17.2 Å². The van der Waals surface area contributed by atoms with E-state index in [1.165, 1.54) is 0 Å². The molecule has 21 heavy (non-hydrogen) atoms. The Morgan fingerprint density at radius 2 is 2.19 bits per heavy atom. The van der Waals surface area contributed by atoms with E-state index in [1.54, 1.807) is 12.3 Å². The molecule has 2 heterocycles. The number of hydrogen-bond donors (Lipinski definition) is 1. The van der Waals surface area contributed by atoms with E-state index in [9.17, 15) is 0 Å². The number of pyridine rings is 1. The Balaban J connectivity index is 1.85. The summed E-state index contributed by atoms with van der Waals surface area (Å²) >= 11 is 12.3. The van der Waals surface area contributed by atoms with Crippen LogP contribution in [0.15, 0.2) is 36.5 Å². The highest BCUT2D eigenvalue weighted by Gasteiger charge is 2.25. The molecule has 110 valence electrons. The van der Waals surface area contributed by atoms with E-state index in [4.69, 9.17) is 27.9 Å². The van der Waals surface area contributed by atoms with Gasteiger partial charge in [-0.15, -0.1) is 0 Å². The van der Waals surface area contributed by atoms with Crippen LogP contribution in [-0.2, 0) is 0 Å². The molecule has 5 heteroatoms. The van der Waals surface area contributed by atoms with Gasteiger partial charge in [-0.2, -0.15) is 0 Å². The summed E-state index contributed by atoms with van der Waals surface area (Å²) < 4.78 is 5.68. The summed E-state index contributed by atoms with van der Waals surface area (Å²) in [5, 5.41) is 4.78. The molecule has 1 aliphatic rings. The Kier molecular flexibility index (Phi) is 4.34. The first-order chi connectivity index (χ1) is 10.1. The van der Waals surface area contributed by atoms with Gasteiger partial charge in [0.15, 0.2) is 0 Å². The van der Waals surface area contributed by atoms with Crippen molar-refractivity contribution in [2.75, 3.05) is 6.61 Å². The molecule has 0 radical (unpaired) electrons. The summed E-state index contributed by atoms with van der Waals surface area (Å²) in [6.45, 7) is 2.74. The molecule has 0 spiro atoms. The molecule has 1 aromatic carbocycles. The number of fused-ring (bicyclic) bond motifs is 1. The van der Waals surface area contributed by atoms with Crippen LogP contribution in [-0.4, -0.2) is 11.6 Å². The molecule has 2 atom stereocenters. The van der Waals surface area contributed by atoms with Crippen molar-refractivity contribution in [1.29, 1.82) is 0 Å². The Morgan fingerprint density at radius 3 is 2.95 bits per heavy atom. The maximum absolute atomic E-state index is 6.22. The number of ether oxygens (including phenoxy) is 1. The van der Waals surface area contributed by atoms with Crippen molar-refractivity contribution in [3.8, 4) is 5.75 Å². The van der Waals surface area contributed by atoms with Crippen LogP contribution in [0.1, 0.15) is 36.7 Å². The van der Waals surface area contributed by atoms with E-state index in [-0.39, 0.29) is 12.1 Å². The van der Waals surface area contributed by atoms with Crippen LogP contribution >= 0.6 is 23.2 Å². The molecular weight excluding hydrogens is 307 g/mol. The monoisotopic (exact) mass is 322 g/mol. The lowest BCUT2D eigenvalue weighted by atomic mass is 9.99. The van der Waals surface area contributed by atoms with Crippen LogP contribution in [0.2, 0.25) is 10.0 Å². The highest BCUT2D eigenvalue weighted by molar-refractivity contribution is 6.35. The average molecular weight is 323 g/mol. The lowest BCUT2D eigenvalue weighted by Crippen LogP contribution is -2.29. The van der Waals surface area contributed by atoms with E-state index in [0.717, 1.165) is 23.4 Å². The lowest BCUT2D eigenvalue weighted by molar-refractivity contribution is 0.245. The van der Waals surface area contributed by atoms with Gasteiger partial charge in [0.05, 0.1) is 17.3 Å². The fraction of sp³-hybridized carbons (Fsp3) is 0.312. The summed E-state index contributed by atoms with van der Waals surface area (Å²) in [6.07, 6.45) is 2.68. The summed E-state index contributed by atoms with van der Waals surface area (Å²) in [4.78, 5) is 4.39. The van der Waals surface area contributed by atoms with Crippen molar-refractivity contribution in [2.45, 2.75) is 25.4 Å². The van der Waals surface area contributed by atoms with Crippen molar-refractivity contribution in [1.82, 2.24) is 10.3 Å². The van der Waals surface area contributed by atoms with Gasteiger partial charge in [0.1, 0.15) is 5.75 Å². The van der Waals surface area contributed by atoms with Gasteiger partial charge in [-0.25, -0.2) is 0 Å². The third-order valence-electron chi connectivity index (χ3n) is 3.65. The largest absolute Gasteiger partial charge is 0.492 e. The quantitative estimate of drug-likeness (QED) is 0.899. The number of benzene rings is 1. The number of halogens is 2. The van der Waals surface area contributed by atoms with Crippen molar-refractivity contribution in [3.05, 3.63) is 57.8 Å². The first-order valence-electron chi connectivity index (χ1n) is 6.94. The van der Waals surface area contributed by atoms with Crippen molar-refractivity contribution in [3.63, 3.8) is 0 Å². The zero-order chi connectivity index (χ0) is 14.8. The van der Waals surface area contributed by atoms with Crippen molar-refractivity contribution >= 4 is 23.2 Å². The predicted molar refractivity (Wildman–Crippen MR) is 85.1 cm³/mol. The summed E-state index contributed by atoms with van der Waals surface area (Å²) in [5.41, 5.74) is 2.03. The minimum atomic E-state index is 0.139. The average Bonchev–Trinajstić information content (AvgIpc) is 2.49. The molecule has 0 bridgehead atoms. The normalized spacial score (nSPS) is 18.7. The molecular formula is C16H16Cl2N2O. The molecule has 0 saturated heterocycles. The van der Waals surface area contributed by atoms with Crippen LogP contribution in [0, 0.1) is 0 Å². The second-order valence-electron chi connectivity index (χ2n) is 5.14. The molecule has 1 unspecified atom stereocenters. The summed E-state index contributed by atoms with van der Waals surface area (Å²) in [7, 11) is 0.